The van der Waals surface area contributed by atoms with Crippen molar-refractivity contribution in [3.05, 3.63) is 42.2 Å². The zero-order chi connectivity index (χ0) is 12.1. The average molecular weight is 230 g/mol. The van der Waals surface area contributed by atoms with Crippen LogP contribution in [0.2, 0.25) is 0 Å². The first-order valence-corrected chi connectivity index (χ1v) is 5.93. The van der Waals surface area contributed by atoms with Crippen molar-refractivity contribution < 1.29 is 0 Å². The van der Waals surface area contributed by atoms with Crippen molar-refractivity contribution in [2.45, 2.75) is 20.4 Å². The molecule has 0 atom stereocenters. The second kappa shape index (κ2) is 5.59. The van der Waals surface area contributed by atoms with Crippen LogP contribution in [0.5, 0.6) is 0 Å². The molecule has 0 amide bonds. The van der Waals surface area contributed by atoms with Crippen LogP contribution in [0.1, 0.15) is 19.5 Å². The molecule has 1 aromatic heterocycles. The van der Waals surface area contributed by atoms with Gasteiger partial charge in [-0.15, -0.1) is 0 Å². The fraction of sp³-hybridized carbons (Fsp3) is 0.385. The molecular weight excluding hydrogens is 212 g/mol. The molecule has 0 spiro atoms. The molecule has 0 bridgehead atoms. The van der Waals surface area contributed by atoms with E-state index >= 15 is 0 Å². The standard InChI is InChI=1S/C13H18N4/c1-11(2)8-14-9-12-10-15-17(16-12)13-6-4-3-5-7-13/h3-7,10-11,14H,8-9H2,1-2H3. The van der Waals surface area contributed by atoms with Crippen molar-refractivity contribution in [2.24, 2.45) is 5.92 Å². The molecular formula is C13H18N4. The summed E-state index contributed by atoms with van der Waals surface area (Å²) in [7, 11) is 0. The van der Waals surface area contributed by atoms with Crippen LogP contribution in [0.3, 0.4) is 0 Å². The van der Waals surface area contributed by atoms with E-state index in [0.29, 0.717) is 5.92 Å². The van der Waals surface area contributed by atoms with E-state index in [4.69, 9.17) is 0 Å². The molecule has 90 valence electrons. The summed E-state index contributed by atoms with van der Waals surface area (Å²) in [6.45, 7) is 6.14. The summed E-state index contributed by atoms with van der Waals surface area (Å²) in [5.41, 5.74) is 1.96. The van der Waals surface area contributed by atoms with E-state index in [-0.39, 0.29) is 0 Å². The molecule has 2 rings (SSSR count). The van der Waals surface area contributed by atoms with Gasteiger partial charge in [0.2, 0.25) is 0 Å². The van der Waals surface area contributed by atoms with Crippen LogP contribution in [0.4, 0.5) is 0 Å². The predicted octanol–water partition coefficient (Wildman–Crippen LogP) is 2.01. The minimum Gasteiger partial charge on any atom is -0.311 e. The molecule has 4 heteroatoms. The van der Waals surface area contributed by atoms with E-state index in [9.17, 15) is 0 Å². The zero-order valence-electron chi connectivity index (χ0n) is 10.3. The second-order valence-corrected chi connectivity index (χ2v) is 4.49. The second-order valence-electron chi connectivity index (χ2n) is 4.49. The van der Waals surface area contributed by atoms with E-state index in [1.165, 1.54) is 0 Å². The molecule has 2 aromatic rings. The maximum absolute atomic E-state index is 4.42. The lowest BCUT2D eigenvalue weighted by atomic mass is 10.2. The van der Waals surface area contributed by atoms with E-state index < -0.39 is 0 Å². The van der Waals surface area contributed by atoms with Gasteiger partial charge in [0.05, 0.1) is 17.6 Å². The Bertz CT molecular complexity index is 447. The van der Waals surface area contributed by atoms with Gasteiger partial charge in [-0.3, -0.25) is 0 Å². The Morgan fingerprint density at radius 2 is 2.00 bits per heavy atom. The first-order chi connectivity index (χ1) is 8.25. The number of aromatic nitrogens is 3. The third kappa shape index (κ3) is 3.39. The van der Waals surface area contributed by atoms with E-state index in [1.807, 2.05) is 30.3 Å². The lowest BCUT2D eigenvalue weighted by Crippen LogP contribution is -2.19. The van der Waals surface area contributed by atoms with Crippen molar-refractivity contribution in [1.29, 1.82) is 0 Å². The van der Waals surface area contributed by atoms with E-state index in [2.05, 4.69) is 29.4 Å². The van der Waals surface area contributed by atoms with Crippen LogP contribution >= 0.6 is 0 Å². The lowest BCUT2D eigenvalue weighted by Gasteiger charge is -2.04. The number of hydrogen-bond donors (Lipinski definition) is 1. The summed E-state index contributed by atoms with van der Waals surface area (Å²) < 4.78 is 0. The van der Waals surface area contributed by atoms with Crippen molar-refractivity contribution >= 4 is 0 Å². The SMILES string of the molecule is CC(C)CNCc1cnn(-c2ccccc2)n1. The Labute approximate surface area is 102 Å². The van der Waals surface area contributed by atoms with Crippen LogP contribution in [-0.4, -0.2) is 21.5 Å². The van der Waals surface area contributed by atoms with Gasteiger partial charge in [-0.2, -0.15) is 15.0 Å². The highest BCUT2D eigenvalue weighted by Gasteiger charge is 2.02. The summed E-state index contributed by atoms with van der Waals surface area (Å²) in [5, 5.41) is 12.0. The highest BCUT2D eigenvalue weighted by molar-refractivity contribution is 5.28. The molecule has 0 saturated heterocycles. The minimum absolute atomic E-state index is 0.652. The molecule has 0 unspecified atom stereocenters. The Hall–Kier alpha value is -1.68. The number of rotatable bonds is 5. The largest absolute Gasteiger partial charge is 0.311 e. The van der Waals surface area contributed by atoms with Crippen molar-refractivity contribution in [1.82, 2.24) is 20.3 Å². The van der Waals surface area contributed by atoms with Crippen LogP contribution in [-0.2, 0) is 6.54 Å². The van der Waals surface area contributed by atoms with E-state index in [1.54, 1.807) is 11.0 Å². The number of hydrogen-bond acceptors (Lipinski definition) is 3. The Morgan fingerprint density at radius 1 is 1.24 bits per heavy atom. The topological polar surface area (TPSA) is 42.7 Å². The van der Waals surface area contributed by atoms with Crippen LogP contribution in [0.25, 0.3) is 5.69 Å². The third-order valence-electron chi connectivity index (χ3n) is 2.39. The van der Waals surface area contributed by atoms with Crippen molar-refractivity contribution in [3.63, 3.8) is 0 Å². The van der Waals surface area contributed by atoms with Gasteiger partial charge in [0, 0.05) is 6.54 Å². The van der Waals surface area contributed by atoms with Gasteiger partial charge in [-0.05, 0) is 24.6 Å². The number of nitrogens with zero attached hydrogens (tertiary/aromatic N) is 3. The summed E-state index contributed by atoms with van der Waals surface area (Å²) >= 11 is 0. The molecule has 4 nitrogen and oxygen atoms in total. The Morgan fingerprint density at radius 3 is 2.71 bits per heavy atom. The highest BCUT2D eigenvalue weighted by atomic mass is 15.5. The monoisotopic (exact) mass is 230 g/mol. The molecule has 0 fully saturated rings. The van der Waals surface area contributed by atoms with Crippen LogP contribution in [0, 0.1) is 5.92 Å². The molecule has 1 heterocycles. The molecule has 0 saturated carbocycles. The average Bonchev–Trinajstić information content (AvgIpc) is 2.78. The summed E-state index contributed by atoms with van der Waals surface area (Å²) in [5.74, 6) is 0.652. The van der Waals surface area contributed by atoms with Crippen LogP contribution < -0.4 is 5.32 Å². The fourth-order valence-electron chi connectivity index (χ4n) is 1.55. The smallest absolute Gasteiger partial charge is 0.0969 e. The minimum atomic E-state index is 0.652. The number of para-hydroxylation sites is 1. The van der Waals surface area contributed by atoms with Crippen LogP contribution in [0.15, 0.2) is 36.5 Å². The summed E-state index contributed by atoms with van der Waals surface area (Å²) in [6.07, 6.45) is 1.81. The first-order valence-electron chi connectivity index (χ1n) is 5.93. The first kappa shape index (κ1) is 11.8. The molecule has 0 radical (unpaired) electrons. The van der Waals surface area contributed by atoms with Gasteiger partial charge >= 0.3 is 0 Å². The van der Waals surface area contributed by atoms with Gasteiger partial charge in [-0.1, -0.05) is 32.0 Å². The van der Waals surface area contributed by atoms with Gasteiger partial charge < -0.3 is 5.32 Å². The maximum Gasteiger partial charge on any atom is 0.0969 e. The maximum atomic E-state index is 4.42. The Kier molecular flexibility index (Phi) is 3.88. The fourth-order valence-corrected chi connectivity index (χ4v) is 1.55. The molecule has 0 aliphatic carbocycles. The van der Waals surface area contributed by atoms with Gasteiger partial charge in [0.25, 0.3) is 0 Å². The molecule has 17 heavy (non-hydrogen) atoms. The number of nitrogens with one attached hydrogen (secondary N) is 1. The van der Waals surface area contributed by atoms with E-state index in [0.717, 1.165) is 24.5 Å². The summed E-state index contributed by atoms with van der Waals surface area (Å²) in [6, 6.07) is 9.93. The quantitative estimate of drug-likeness (QED) is 0.854. The molecule has 0 aliphatic heterocycles. The molecule has 0 aliphatic rings. The number of benzene rings is 1. The van der Waals surface area contributed by atoms with Crippen molar-refractivity contribution in [2.75, 3.05) is 6.54 Å². The molecule has 1 aromatic carbocycles. The normalized spacial score (nSPS) is 11.0. The molecule has 1 N–H and O–H groups in total. The van der Waals surface area contributed by atoms with Gasteiger partial charge in [-0.25, -0.2) is 0 Å². The lowest BCUT2D eigenvalue weighted by molar-refractivity contribution is 0.546. The van der Waals surface area contributed by atoms with Gasteiger partial charge in [0.15, 0.2) is 0 Å². The Balaban J connectivity index is 1.97. The third-order valence-corrected chi connectivity index (χ3v) is 2.39. The zero-order valence-corrected chi connectivity index (χ0v) is 10.3. The summed E-state index contributed by atoms with van der Waals surface area (Å²) in [4.78, 5) is 1.66. The van der Waals surface area contributed by atoms with Gasteiger partial charge in [0.1, 0.15) is 0 Å². The highest BCUT2D eigenvalue weighted by Crippen LogP contribution is 2.04. The van der Waals surface area contributed by atoms with Crippen molar-refractivity contribution in [3.8, 4) is 5.69 Å². The predicted molar refractivity (Wildman–Crippen MR) is 67.9 cm³/mol.